The molecule has 1 heterocycles. The van der Waals surface area contributed by atoms with Gasteiger partial charge in [0.15, 0.2) is 0 Å². The van der Waals surface area contributed by atoms with Crippen molar-refractivity contribution in [1.82, 2.24) is 0 Å². The van der Waals surface area contributed by atoms with E-state index in [9.17, 15) is 4.39 Å². The van der Waals surface area contributed by atoms with Crippen LogP contribution in [0.15, 0.2) is 22.4 Å². The summed E-state index contributed by atoms with van der Waals surface area (Å²) in [7, 11) is 0. The second-order valence-corrected chi connectivity index (χ2v) is 5.07. The molecule has 0 nitrogen and oxygen atoms in total. The first kappa shape index (κ1) is 9.03. The van der Waals surface area contributed by atoms with Crippen molar-refractivity contribution in [1.29, 1.82) is 0 Å². The van der Waals surface area contributed by atoms with Gasteiger partial charge in [0.25, 0.3) is 0 Å². The molecule has 1 aromatic heterocycles. The number of benzene rings is 1. The monoisotopic (exact) mass is 212 g/mol. The van der Waals surface area contributed by atoms with E-state index in [4.69, 9.17) is 0 Å². The van der Waals surface area contributed by atoms with Gasteiger partial charge in [-0.15, -0.1) is 23.1 Å². The fraction of sp³-hybridized carbons (Fsp3) is 0.200. The van der Waals surface area contributed by atoms with E-state index >= 15 is 0 Å². The lowest BCUT2D eigenvalue weighted by molar-refractivity contribution is 0.629. The van der Waals surface area contributed by atoms with Crippen molar-refractivity contribution >= 4 is 33.2 Å². The molecule has 0 saturated heterocycles. The number of thioether (sulfide) groups is 1. The molecule has 68 valence electrons. The second kappa shape index (κ2) is 3.31. The number of fused-ring (bicyclic) bond motifs is 1. The lowest BCUT2D eigenvalue weighted by atomic mass is 10.2. The Bertz CT molecular complexity index is 445. The zero-order chi connectivity index (χ0) is 9.42. The molecule has 0 N–H and O–H groups in total. The SMILES string of the molecule is CSc1cc2cc(F)cc(C)c2s1. The first-order valence-corrected chi connectivity index (χ1v) is 5.98. The molecule has 0 spiro atoms. The lowest BCUT2D eigenvalue weighted by Crippen LogP contribution is -1.76. The van der Waals surface area contributed by atoms with Crippen LogP contribution >= 0.6 is 23.1 Å². The van der Waals surface area contributed by atoms with Crippen LogP contribution in [0.4, 0.5) is 4.39 Å². The van der Waals surface area contributed by atoms with Gasteiger partial charge in [-0.05, 0) is 42.3 Å². The Hall–Kier alpha value is -0.540. The quantitative estimate of drug-likeness (QED) is 0.642. The van der Waals surface area contributed by atoms with Crippen molar-refractivity contribution in [3.05, 3.63) is 29.6 Å². The Balaban J connectivity index is 2.75. The van der Waals surface area contributed by atoms with Crippen LogP contribution in [0.25, 0.3) is 10.1 Å². The lowest BCUT2D eigenvalue weighted by Gasteiger charge is -1.94. The van der Waals surface area contributed by atoms with Gasteiger partial charge in [-0.1, -0.05) is 0 Å². The number of aryl methyl sites for hydroxylation is 1. The van der Waals surface area contributed by atoms with Gasteiger partial charge in [-0.3, -0.25) is 0 Å². The third-order valence-electron chi connectivity index (χ3n) is 1.95. The molecule has 0 atom stereocenters. The van der Waals surface area contributed by atoms with Gasteiger partial charge >= 0.3 is 0 Å². The van der Waals surface area contributed by atoms with Crippen LogP contribution in [0.2, 0.25) is 0 Å². The summed E-state index contributed by atoms with van der Waals surface area (Å²) in [6.07, 6.45) is 2.04. The highest BCUT2D eigenvalue weighted by molar-refractivity contribution is 8.00. The summed E-state index contributed by atoms with van der Waals surface area (Å²) < 4.78 is 15.4. The van der Waals surface area contributed by atoms with Crippen LogP contribution in [0.3, 0.4) is 0 Å². The summed E-state index contributed by atoms with van der Waals surface area (Å²) in [5, 5.41) is 1.02. The van der Waals surface area contributed by atoms with Gasteiger partial charge in [0.05, 0.1) is 4.21 Å². The molecule has 1 aromatic carbocycles. The predicted octanol–water partition coefficient (Wildman–Crippen LogP) is 4.07. The summed E-state index contributed by atoms with van der Waals surface area (Å²) in [5.41, 5.74) is 1.03. The molecule has 3 heteroatoms. The van der Waals surface area contributed by atoms with Gasteiger partial charge < -0.3 is 0 Å². The average Bonchev–Trinajstić information content (AvgIpc) is 2.47. The fourth-order valence-electron chi connectivity index (χ4n) is 1.36. The highest BCUT2D eigenvalue weighted by atomic mass is 32.2. The van der Waals surface area contributed by atoms with Crippen LogP contribution in [-0.4, -0.2) is 6.26 Å². The summed E-state index contributed by atoms with van der Waals surface area (Å²) in [5.74, 6) is -0.143. The first-order valence-electron chi connectivity index (χ1n) is 3.94. The first-order chi connectivity index (χ1) is 6.20. The maximum absolute atomic E-state index is 13.0. The van der Waals surface area contributed by atoms with Crippen LogP contribution in [0.1, 0.15) is 5.56 Å². The summed E-state index contributed by atoms with van der Waals surface area (Å²) in [4.78, 5) is 0. The van der Waals surface area contributed by atoms with E-state index in [-0.39, 0.29) is 5.82 Å². The summed E-state index contributed by atoms with van der Waals surface area (Å²) >= 11 is 3.43. The number of thiophene rings is 1. The van der Waals surface area contributed by atoms with Gasteiger partial charge in [0.1, 0.15) is 5.82 Å². The largest absolute Gasteiger partial charge is 0.207 e. The number of halogens is 1. The van der Waals surface area contributed by atoms with Gasteiger partial charge in [-0.25, -0.2) is 4.39 Å². The van der Waals surface area contributed by atoms with E-state index in [0.29, 0.717) is 0 Å². The van der Waals surface area contributed by atoms with Crippen LogP contribution < -0.4 is 0 Å². The molecular weight excluding hydrogens is 203 g/mol. The molecule has 0 saturated carbocycles. The molecular formula is C10H9FS2. The minimum absolute atomic E-state index is 0.143. The molecule has 0 unspecified atom stereocenters. The minimum Gasteiger partial charge on any atom is -0.207 e. The molecule has 0 radical (unpaired) electrons. The van der Waals surface area contributed by atoms with Gasteiger partial charge in [0, 0.05) is 4.70 Å². The van der Waals surface area contributed by atoms with Gasteiger partial charge in [0.2, 0.25) is 0 Å². The van der Waals surface area contributed by atoms with E-state index in [1.165, 1.54) is 8.91 Å². The van der Waals surface area contributed by atoms with E-state index in [1.807, 2.05) is 19.2 Å². The van der Waals surface area contributed by atoms with E-state index < -0.39 is 0 Å². The van der Waals surface area contributed by atoms with Crippen LogP contribution in [0, 0.1) is 12.7 Å². The smallest absolute Gasteiger partial charge is 0.124 e. The van der Waals surface area contributed by atoms with Crippen molar-refractivity contribution in [2.24, 2.45) is 0 Å². The molecule has 2 rings (SSSR count). The Labute approximate surface area is 84.8 Å². The van der Waals surface area contributed by atoms with E-state index in [0.717, 1.165) is 10.9 Å². The highest BCUT2D eigenvalue weighted by Gasteiger charge is 2.05. The number of hydrogen-bond donors (Lipinski definition) is 0. The zero-order valence-electron chi connectivity index (χ0n) is 7.43. The summed E-state index contributed by atoms with van der Waals surface area (Å²) in [6.45, 7) is 1.95. The molecule has 0 aliphatic rings. The molecule has 0 aliphatic heterocycles. The average molecular weight is 212 g/mol. The normalized spacial score (nSPS) is 11.0. The maximum Gasteiger partial charge on any atom is 0.124 e. The third-order valence-corrected chi connectivity index (χ3v) is 4.30. The Morgan fingerprint density at radius 2 is 2.08 bits per heavy atom. The summed E-state index contributed by atoms with van der Waals surface area (Å²) in [6, 6.07) is 5.22. The standard InChI is InChI=1S/C10H9FS2/c1-6-3-8(11)4-7-5-9(12-2)13-10(6)7/h3-5H,1-2H3. The van der Waals surface area contributed by atoms with Crippen LogP contribution in [-0.2, 0) is 0 Å². The molecule has 0 amide bonds. The van der Waals surface area contributed by atoms with Crippen molar-refractivity contribution < 1.29 is 4.39 Å². The number of hydrogen-bond acceptors (Lipinski definition) is 2. The Kier molecular flexibility index (Phi) is 2.30. The predicted molar refractivity (Wildman–Crippen MR) is 58.3 cm³/mol. The molecule has 0 aliphatic carbocycles. The van der Waals surface area contributed by atoms with Crippen LogP contribution in [0.5, 0.6) is 0 Å². The molecule has 2 aromatic rings. The maximum atomic E-state index is 13.0. The van der Waals surface area contributed by atoms with Crippen molar-refractivity contribution in [3.8, 4) is 0 Å². The Morgan fingerprint density at radius 1 is 1.31 bits per heavy atom. The van der Waals surface area contributed by atoms with E-state index in [2.05, 4.69) is 0 Å². The molecule has 0 fully saturated rings. The highest BCUT2D eigenvalue weighted by Crippen LogP contribution is 2.34. The van der Waals surface area contributed by atoms with E-state index in [1.54, 1.807) is 35.2 Å². The van der Waals surface area contributed by atoms with Crippen molar-refractivity contribution in [2.75, 3.05) is 6.26 Å². The second-order valence-electron chi connectivity index (χ2n) is 2.91. The minimum atomic E-state index is -0.143. The Morgan fingerprint density at radius 3 is 2.77 bits per heavy atom. The fourth-order valence-corrected chi connectivity index (χ4v) is 3.03. The van der Waals surface area contributed by atoms with Crippen molar-refractivity contribution in [2.45, 2.75) is 11.1 Å². The number of rotatable bonds is 1. The van der Waals surface area contributed by atoms with Gasteiger partial charge in [-0.2, -0.15) is 0 Å². The third kappa shape index (κ3) is 1.58. The molecule has 13 heavy (non-hydrogen) atoms. The van der Waals surface area contributed by atoms with Crippen molar-refractivity contribution in [3.63, 3.8) is 0 Å². The molecule has 0 bridgehead atoms. The zero-order valence-corrected chi connectivity index (χ0v) is 9.06. The topological polar surface area (TPSA) is 0 Å².